The Hall–Kier alpha value is -1.75. The first-order chi connectivity index (χ1) is 8.18. The van der Waals surface area contributed by atoms with Gasteiger partial charge >= 0.3 is 6.61 Å². The molecule has 6 heteroatoms. The molecule has 2 heterocycles. The number of halogens is 3. The first-order valence-corrected chi connectivity index (χ1v) is 5.05. The number of hydrogen-bond acceptors (Lipinski definition) is 3. The van der Waals surface area contributed by atoms with Crippen LogP contribution in [0.25, 0.3) is 11.1 Å². The average molecular weight is 257 g/mol. The van der Waals surface area contributed by atoms with Gasteiger partial charge in [0.1, 0.15) is 5.02 Å². The number of alkyl halides is 2. The Labute approximate surface area is 101 Å². The zero-order valence-corrected chi connectivity index (χ0v) is 9.23. The predicted molar refractivity (Wildman–Crippen MR) is 59.1 cm³/mol. The first kappa shape index (κ1) is 11.7. The standard InChI is InChI=1S/C11H7ClF2N2O/c12-9-6-16-5-8(10(9)17-11(13)14)7-1-3-15-4-2-7/h1-6,11H. The van der Waals surface area contributed by atoms with E-state index in [9.17, 15) is 8.78 Å². The van der Waals surface area contributed by atoms with Crippen molar-refractivity contribution in [1.29, 1.82) is 0 Å². The fourth-order valence-electron chi connectivity index (χ4n) is 1.37. The lowest BCUT2D eigenvalue weighted by atomic mass is 10.1. The third-order valence-corrected chi connectivity index (χ3v) is 2.32. The summed E-state index contributed by atoms with van der Waals surface area (Å²) in [5.41, 5.74) is 1.06. The van der Waals surface area contributed by atoms with Crippen molar-refractivity contribution in [2.24, 2.45) is 0 Å². The highest BCUT2D eigenvalue weighted by atomic mass is 35.5. The Morgan fingerprint density at radius 2 is 1.82 bits per heavy atom. The molecule has 0 amide bonds. The lowest BCUT2D eigenvalue weighted by Gasteiger charge is -2.11. The summed E-state index contributed by atoms with van der Waals surface area (Å²) in [4.78, 5) is 7.69. The van der Waals surface area contributed by atoms with Crippen molar-refractivity contribution in [2.75, 3.05) is 0 Å². The number of nitrogens with zero attached hydrogens (tertiary/aromatic N) is 2. The van der Waals surface area contributed by atoms with E-state index in [0.29, 0.717) is 11.1 Å². The van der Waals surface area contributed by atoms with E-state index < -0.39 is 6.61 Å². The molecule has 0 aliphatic carbocycles. The molecule has 0 atom stereocenters. The molecular weight excluding hydrogens is 250 g/mol. The lowest BCUT2D eigenvalue weighted by Crippen LogP contribution is -2.04. The van der Waals surface area contributed by atoms with E-state index >= 15 is 0 Å². The summed E-state index contributed by atoms with van der Waals surface area (Å²) in [5, 5.41) is 0.0413. The molecule has 0 bridgehead atoms. The molecule has 2 rings (SSSR count). The molecule has 0 aliphatic heterocycles. The van der Waals surface area contributed by atoms with Gasteiger partial charge in [-0.25, -0.2) is 0 Å². The second-order valence-electron chi connectivity index (χ2n) is 3.11. The molecule has 3 nitrogen and oxygen atoms in total. The van der Waals surface area contributed by atoms with Crippen LogP contribution in [0.3, 0.4) is 0 Å². The van der Waals surface area contributed by atoms with Gasteiger partial charge in [-0.2, -0.15) is 8.78 Å². The van der Waals surface area contributed by atoms with Crippen LogP contribution in [0.4, 0.5) is 8.78 Å². The third kappa shape index (κ3) is 2.68. The molecule has 88 valence electrons. The highest BCUT2D eigenvalue weighted by molar-refractivity contribution is 6.32. The molecule has 17 heavy (non-hydrogen) atoms. The summed E-state index contributed by atoms with van der Waals surface area (Å²) < 4.78 is 29.0. The van der Waals surface area contributed by atoms with Crippen molar-refractivity contribution in [3.05, 3.63) is 41.9 Å². The minimum absolute atomic E-state index is 0.0413. The number of rotatable bonds is 3. The Bertz CT molecular complexity index is 508. The van der Waals surface area contributed by atoms with Gasteiger partial charge in [-0.15, -0.1) is 0 Å². The van der Waals surface area contributed by atoms with E-state index in [4.69, 9.17) is 11.6 Å². The highest BCUT2D eigenvalue weighted by Crippen LogP contribution is 2.35. The third-order valence-electron chi connectivity index (χ3n) is 2.05. The summed E-state index contributed by atoms with van der Waals surface area (Å²) in [6.45, 7) is -2.93. The summed E-state index contributed by atoms with van der Waals surface area (Å²) in [7, 11) is 0. The molecule has 0 aromatic carbocycles. The Morgan fingerprint density at radius 1 is 1.12 bits per heavy atom. The minimum Gasteiger partial charge on any atom is -0.432 e. The quantitative estimate of drug-likeness (QED) is 0.844. The van der Waals surface area contributed by atoms with E-state index in [1.54, 1.807) is 24.5 Å². The first-order valence-electron chi connectivity index (χ1n) is 4.67. The Morgan fingerprint density at radius 3 is 2.47 bits per heavy atom. The van der Waals surface area contributed by atoms with Crippen molar-refractivity contribution in [2.45, 2.75) is 6.61 Å². The van der Waals surface area contributed by atoms with E-state index in [1.165, 1.54) is 12.4 Å². The van der Waals surface area contributed by atoms with Crippen LogP contribution in [0.5, 0.6) is 5.75 Å². The smallest absolute Gasteiger partial charge is 0.387 e. The van der Waals surface area contributed by atoms with Gasteiger partial charge in [-0.1, -0.05) is 11.6 Å². The minimum atomic E-state index is -2.93. The van der Waals surface area contributed by atoms with Gasteiger partial charge in [0.15, 0.2) is 5.75 Å². The molecular formula is C11H7ClF2N2O. The van der Waals surface area contributed by atoms with Crippen LogP contribution in [0.1, 0.15) is 0 Å². The monoisotopic (exact) mass is 256 g/mol. The molecule has 2 aromatic rings. The summed E-state index contributed by atoms with van der Waals surface area (Å²) in [6, 6.07) is 3.32. The van der Waals surface area contributed by atoms with Gasteiger partial charge in [-0.05, 0) is 17.7 Å². The Balaban J connectivity index is 2.50. The van der Waals surface area contributed by atoms with Gasteiger partial charge in [0, 0.05) is 30.4 Å². The number of hydrogen-bond donors (Lipinski definition) is 0. The SMILES string of the molecule is FC(F)Oc1c(Cl)cncc1-c1ccncc1. The zero-order valence-electron chi connectivity index (χ0n) is 8.48. The molecule has 0 fully saturated rings. The largest absolute Gasteiger partial charge is 0.432 e. The summed E-state index contributed by atoms with van der Waals surface area (Å²) in [6.07, 6.45) is 5.76. The van der Waals surface area contributed by atoms with Gasteiger partial charge in [0.25, 0.3) is 0 Å². The molecule has 0 aliphatic rings. The van der Waals surface area contributed by atoms with Crippen molar-refractivity contribution in [1.82, 2.24) is 9.97 Å². The van der Waals surface area contributed by atoms with Crippen LogP contribution in [0, 0.1) is 0 Å². The maximum Gasteiger partial charge on any atom is 0.387 e. The number of aromatic nitrogens is 2. The van der Waals surface area contributed by atoms with Crippen LogP contribution in [0.15, 0.2) is 36.9 Å². The maximum atomic E-state index is 12.3. The van der Waals surface area contributed by atoms with E-state index in [2.05, 4.69) is 14.7 Å². The molecule has 0 N–H and O–H groups in total. The lowest BCUT2D eigenvalue weighted by molar-refractivity contribution is -0.0494. The summed E-state index contributed by atoms with van der Waals surface area (Å²) in [5.74, 6) is -0.0807. The van der Waals surface area contributed by atoms with Crippen LogP contribution in [-0.2, 0) is 0 Å². The fraction of sp³-hybridized carbons (Fsp3) is 0.0909. The molecule has 0 saturated heterocycles. The normalized spacial score (nSPS) is 10.6. The van der Waals surface area contributed by atoms with Crippen LogP contribution in [0.2, 0.25) is 5.02 Å². The molecule has 0 unspecified atom stereocenters. The van der Waals surface area contributed by atoms with Gasteiger partial charge < -0.3 is 4.74 Å². The van der Waals surface area contributed by atoms with E-state index in [0.717, 1.165) is 0 Å². The molecule has 0 saturated carbocycles. The molecule has 0 radical (unpaired) electrons. The zero-order chi connectivity index (χ0) is 12.3. The van der Waals surface area contributed by atoms with E-state index in [-0.39, 0.29) is 10.8 Å². The number of ether oxygens (including phenoxy) is 1. The predicted octanol–water partition coefficient (Wildman–Crippen LogP) is 3.40. The van der Waals surface area contributed by atoms with Crippen LogP contribution >= 0.6 is 11.6 Å². The molecule has 0 spiro atoms. The average Bonchev–Trinajstić information content (AvgIpc) is 2.32. The highest BCUT2D eigenvalue weighted by Gasteiger charge is 2.15. The molecule has 2 aromatic heterocycles. The van der Waals surface area contributed by atoms with Crippen molar-refractivity contribution >= 4 is 11.6 Å². The van der Waals surface area contributed by atoms with Crippen molar-refractivity contribution < 1.29 is 13.5 Å². The van der Waals surface area contributed by atoms with Gasteiger partial charge in [0.05, 0.1) is 0 Å². The Kier molecular flexibility index (Phi) is 3.49. The van der Waals surface area contributed by atoms with Crippen LogP contribution < -0.4 is 4.74 Å². The topological polar surface area (TPSA) is 35.0 Å². The van der Waals surface area contributed by atoms with Gasteiger partial charge in [0.2, 0.25) is 0 Å². The van der Waals surface area contributed by atoms with Gasteiger partial charge in [-0.3, -0.25) is 9.97 Å². The van der Waals surface area contributed by atoms with Crippen molar-refractivity contribution in [3.63, 3.8) is 0 Å². The fourth-order valence-corrected chi connectivity index (χ4v) is 1.57. The second kappa shape index (κ2) is 5.05. The summed E-state index contributed by atoms with van der Waals surface area (Å²) >= 11 is 5.79. The maximum absolute atomic E-state index is 12.3. The van der Waals surface area contributed by atoms with Crippen LogP contribution in [-0.4, -0.2) is 16.6 Å². The second-order valence-corrected chi connectivity index (χ2v) is 3.52. The number of pyridine rings is 2. The van der Waals surface area contributed by atoms with Crippen molar-refractivity contribution in [3.8, 4) is 16.9 Å². The van der Waals surface area contributed by atoms with E-state index in [1.807, 2.05) is 0 Å².